The summed E-state index contributed by atoms with van der Waals surface area (Å²) < 4.78 is 0. The van der Waals surface area contributed by atoms with E-state index in [9.17, 15) is 9.59 Å². The fourth-order valence-corrected chi connectivity index (χ4v) is 2.42. The average Bonchev–Trinajstić information content (AvgIpc) is 2.94. The molecule has 15 heavy (non-hydrogen) atoms. The molecule has 0 heterocycles. The molecule has 3 heteroatoms. The second-order valence-electron chi connectivity index (χ2n) is 5.04. The fraction of sp³-hybridized carbons (Fsp3) is 0.833. The Hall–Kier alpha value is -0.860. The quantitative estimate of drug-likeness (QED) is 0.693. The molecule has 0 saturated heterocycles. The summed E-state index contributed by atoms with van der Waals surface area (Å²) >= 11 is 0. The Kier molecular flexibility index (Phi) is 2.81. The standard InChI is InChI=1S/C12H19NO2/c1-8-7-11(8)12(15)13(2)9-3-5-10(14)6-4-9/h8-9,11H,3-7H2,1-2H3. The van der Waals surface area contributed by atoms with Crippen molar-refractivity contribution in [1.82, 2.24) is 4.90 Å². The van der Waals surface area contributed by atoms with Gasteiger partial charge >= 0.3 is 0 Å². The van der Waals surface area contributed by atoms with Gasteiger partial charge in [0.25, 0.3) is 0 Å². The van der Waals surface area contributed by atoms with Crippen LogP contribution in [0.1, 0.15) is 39.0 Å². The number of amides is 1. The Morgan fingerprint density at radius 3 is 2.33 bits per heavy atom. The third-order valence-electron chi connectivity index (χ3n) is 3.83. The third kappa shape index (κ3) is 2.21. The van der Waals surface area contributed by atoms with Gasteiger partial charge in [0.15, 0.2) is 0 Å². The Labute approximate surface area is 90.8 Å². The molecule has 0 radical (unpaired) electrons. The summed E-state index contributed by atoms with van der Waals surface area (Å²) in [7, 11) is 1.90. The van der Waals surface area contributed by atoms with Gasteiger partial charge in [-0.05, 0) is 25.2 Å². The summed E-state index contributed by atoms with van der Waals surface area (Å²) in [6.07, 6.45) is 4.09. The van der Waals surface area contributed by atoms with Crippen LogP contribution in [0, 0.1) is 11.8 Å². The minimum atomic E-state index is 0.271. The van der Waals surface area contributed by atoms with Crippen molar-refractivity contribution < 1.29 is 9.59 Å². The summed E-state index contributed by atoms with van der Waals surface area (Å²) in [5, 5.41) is 0. The molecule has 2 aliphatic carbocycles. The highest BCUT2D eigenvalue weighted by Gasteiger charge is 2.42. The second-order valence-corrected chi connectivity index (χ2v) is 5.04. The molecule has 0 aromatic carbocycles. The van der Waals surface area contributed by atoms with E-state index in [0.717, 1.165) is 19.3 Å². The van der Waals surface area contributed by atoms with Crippen LogP contribution in [0.2, 0.25) is 0 Å². The smallest absolute Gasteiger partial charge is 0.225 e. The summed E-state index contributed by atoms with van der Waals surface area (Å²) in [4.78, 5) is 24.9. The molecule has 2 atom stereocenters. The van der Waals surface area contributed by atoms with E-state index in [-0.39, 0.29) is 5.92 Å². The topological polar surface area (TPSA) is 37.4 Å². The first-order valence-corrected chi connectivity index (χ1v) is 5.88. The Morgan fingerprint density at radius 2 is 1.87 bits per heavy atom. The largest absolute Gasteiger partial charge is 0.343 e. The fourth-order valence-electron chi connectivity index (χ4n) is 2.42. The molecule has 2 unspecified atom stereocenters. The van der Waals surface area contributed by atoms with E-state index in [0.29, 0.717) is 36.5 Å². The lowest BCUT2D eigenvalue weighted by atomic mass is 9.93. The van der Waals surface area contributed by atoms with Gasteiger partial charge < -0.3 is 4.90 Å². The first-order valence-electron chi connectivity index (χ1n) is 5.88. The number of carbonyl (C=O) groups is 2. The molecule has 2 rings (SSSR count). The van der Waals surface area contributed by atoms with E-state index >= 15 is 0 Å². The van der Waals surface area contributed by atoms with Crippen LogP contribution in [-0.4, -0.2) is 29.7 Å². The van der Waals surface area contributed by atoms with Crippen LogP contribution in [0.25, 0.3) is 0 Å². The van der Waals surface area contributed by atoms with Gasteiger partial charge in [-0.3, -0.25) is 9.59 Å². The zero-order valence-corrected chi connectivity index (χ0v) is 9.53. The molecule has 2 saturated carbocycles. The van der Waals surface area contributed by atoms with Crippen LogP contribution in [0.5, 0.6) is 0 Å². The number of hydrogen-bond acceptors (Lipinski definition) is 2. The van der Waals surface area contributed by atoms with Crippen LogP contribution < -0.4 is 0 Å². The molecular formula is C12H19NO2. The number of hydrogen-bond donors (Lipinski definition) is 0. The van der Waals surface area contributed by atoms with Crippen LogP contribution >= 0.6 is 0 Å². The lowest BCUT2D eigenvalue weighted by molar-refractivity contribution is -0.135. The van der Waals surface area contributed by atoms with E-state index in [2.05, 4.69) is 6.92 Å². The lowest BCUT2D eigenvalue weighted by Gasteiger charge is -2.31. The van der Waals surface area contributed by atoms with Crippen molar-refractivity contribution in [2.75, 3.05) is 7.05 Å². The van der Waals surface area contributed by atoms with Crippen molar-refractivity contribution in [2.24, 2.45) is 11.8 Å². The van der Waals surface area contributed by atoms with Gasteiger partial charge in [0, 0.05) is 31.8 Å². The van der Waals surface area contributed by atoms with Crippen molar-refractivity contribution in [3.63, 3.8) is 0 Å². The Morgan fingerprint density at radius 1 is 1.33 bits per heavy atom. The normalized spacial score (nSPS) is 31.5. The monoisotopic (exact) mass is 209 g/mol. The van der Waals surface area contributed by atoms with Crippen molar-refractivity contribution in [3.8, 4) is 0 Å². The van der Waals surface area contributed by atoms with Gasteiger partial charge in [-0.25, -0.2) is 0 Å². The highest BCUT2D eigenvalue weighted by molar-refractivity contribution is 5.83. The first-order chi connectivity index (χ1) is 7.09. The molecule has 0 aromatic rings. The highest BCUT2D eigenvalue weighted by atomic mass is 16.2. The first kappa shape index (κ1) is 10.7. The van der Waals surface area contributed by atoms with Crippen LogP contribution in [0.15, 0.2) is 0 Å². The van der Waals surface area contributed by atoms with E-state index in [1.807, 2.05) is 11.9 Å². The molecule has 0 N–H and O–H groups in total. The molecule has 0 aromatic heterocycles. The van der Waals surface area contributed by atoms with Gasteiger partial charge in [0.2, 0.25) is 5.91 Å². The maximum Gasteiger partial charge on any atom is 0.225 e. The molecule has 2 aliphatic rings. The van der Waals surface area contributed by atoms with E-state index < -0.39 is 0 Å². The molecule has 0 spiro atoms. The van der Waals surface area contributed by atoms with E-state index in [1.54, 1.807) is 0 Å². The van der Waals surface area contributed by atoms with E-state index in [4.69, 9.17) is 0 Å². The molecule has 1 amide bonds. The number of carbonyl (C=O) groups excluding carboxylic acids is 2. The van der Waals surface area contributed by atoms with Crippen LogP contribution in [0.4, 0.5) is 0 Å². The summed E-state index contributed by atoms with van der Waals surface area (Å²) in [5.41, 5.74) is 0. The molecular weight excluding hydrogens is 190 g/mol. The van der Waals surface area contributed by atoms with Crippen LogP contribution in [-0.2, 0) is 9.59 Å². The molecule has 3 nitrogen and oxygen atoms in total. The van der Waals surface area contributed by atoms with Crippen molar-refractivity contribution in [1.29, 1.82) is 0 Å². The summed E-state index contributed by atoms with van der Waals surface area (Å²) in [5.74, 6) is 1.49. The predicted octanol–water partition coefficient (Wildman–Crippen LogP) is 1.61. The van der Waals surface area contributed by atoms with Gasteiger partial charge in [-0.15, -0.1) is 0 Å². The third-order valence-corrected chi connectivity index (χ3v) is 3.83. The second kappa shape index (κ2) is 3.95. The number of nitrogens with zero attached hydrogens (tertiary/aromatic N) is 1. The Balaban J connectivity index is 1.87. The molecule has 84 valence electrons. The van der Waals surface area contributed by atoms with Gasteiger partial charge in [0.1, 0.15) is 5.78 Å². The number of Topliss-reactive ketones (excluding diaryl/α,β-unsaturated/α-hetero) is 1. The highest BCUT2D eigenvalue weighted by Crippen LogP contribution is 2.39. The van der Waals surface area contributed by atoms with Gasteiger partial charge in [-0.2, -0.15) is 0 Å². The molecule has 0 aliphatic heterocycles. The van der Waals surface area contributed by atoms with Crippen molar-refractivity contribution in [2.45, 2.75) is 45.1 Å². The van der Waals surface area contributed by atoms with E-state index in [1.165, 1.54) is 0 Å². The maximum absolute atomic E-state index is 11.9. The van der Waals surface area contributed by atoms with Crippen molar-refractivity contribution in [3.05, 3.63) is 0 Å². The average molecular weight is 209 g/mol. The SMILES string of the molecule is CC1CC1C(=O)N(C)C1CCC(=O)CC1. The molecule has 2 fully saturated rings. The zero-order chi connectivity index (χ0) is 11.0. The minimum absolute atomic E-state index is 0.271. The van der Waals surface area contributed by atoms with Crippen LogP contribution in [0.3, 0.4) is 0 Å². The number of ketones is 1. The summed E-state index contributed by atoms with van der Waals surface area (Å²) in [6.45, 7) is 2.13. The number of rotatable bonds is 2. The van der Waals surface area contributed by atoms with Gasteiger partial charge in [0.05, 0.1) is 0 Å². The summed E-state index contributed by atoms with van der Waals surface area (Å²) in [6, 6.07) is 0.308. The van der Waals surface area contributed by atoms with Gasteiger partial charge in [-0.1, -0.05) is 6.92 Å². The lowest BCUT2D eigenvalue weighted by Crippen LogP contribution is -2.40. The molecule has 0 bridgehead atoms. The predicted molar refractivity (Wildman–Crippen MR) is 57.3 cm³/mol. The van der Waals surface area contributed by atoms with Crippen molar-refractivity contribution >= 4 is 11.7 Å². The minimum Gasteiger partial charge on any atom is -0.343 e. The zero-order valence-electron chi connectivity index (χ0n) is 9.53. The Bertz CT molecular complexity index is 277. The maximum atomic E-state index is 11.9.